The summed E-state index contributed by atoms with van der Waals surface area (Å²) in [5, 5.41) is 2.94. The molecule has 1 saturated carbocycles. The van der Waals surface area contributed by atoms with Crippen LogP contribution in [0, 0.1) is 5.92 Å². The highest BCUT2D eigenvalue weighted by Gasteiger charge is 2.20. The van der Waals surface area contributed by atoms with E-state index in [9.17, 15) is 9.18 Å². The van der Waals surface area contributed by atoms with Crippen LogP contribution in [0.25, 0.3) is 0 Å². The number of ether oxygens (including phenoxy) is 1. The number of anilines is 1. The van der Waals surface area contributed by atoms with E-state index in [0.29, 0.717) is 17.7 Å². The lowest BCUT2D eigenvalue weighted by Crippen LogP contribution is -2.24. The summed E-state index contributed by atoms with van der Waals surface area (Å²) in [4.78, 5) is 12.1. The van der Waals surface area contributed by atoms with Crippen molar-refractivity contribution in [2.75, 3.05) is 18.5 Å². The van der Waals surface area contributed by atoms with Gasteiger partial charge >= 0.3 is 0 Å². The summed E-state index contributed by atoms with van der Waals surface area (Å²) in [6.07, 6.45) is 5.93. The first-order valence-electron chi connectivity index (χ1n) is 7.75. The second-order valence-corrected chi connectivity index (χ2v) is 5.61. The molecule has 128 valence electrons. The molecular formula is C17H24ClFN2O2. The molecule has 0 aromatic heterocycles. The Bertz CT molecular complexity index is 514. The molecule has 0 bridgehead atoms. The van der Waals surface area contributed by atoms with Crippen molar-refractivity contribution in [3.05, 3.63) is 36.2 Å². The third-order valence-corrected chi connectivity index (χ3v) is 3.94. The predicted molar refractivity (Wildman–Crippen MR) is 92.6 cm³/mol. The van der Waals surface area contributed by atoms with Gasteiger partial charge in [0, 0.05) is 23.7 Å². The second-order valence-electron chi connectivity index (χ2n) is 5.61. The average molecular weight is 343 g/mol. The molecule has 1 aliphatic carbocycles. The van der Waals surface area contributed by atoms with E-state index >= 15 is 0 Å². The van der Waals surface area contributed by atoms with Crippen LogP contribution in [0.3, 0.4) is 0 Å². The van der Waals surface area contributed by atoms with E-state index in [-0.39, 0.29) is 37.4 Å². The Kier molecular flexibility index (Phi) is 8.66. The Morgan fingerprint density at radius 2 is 1.91 bits per heavy atom. The number of rotatable bonds is 6. The third kappa shape index (κ3) is 6.20. The van der Waals surface area contributed by atoms with Gasteiger partial charge in [-0.1, -0.05) is 19.3 Å². The van der Waals surface area contributed by atoms with Crippen LogP contribution in [0.4, 0.5) is 10.1 Å². The number of nitrogens with one attached hydrogen (secondary N) is 1. The van der Waals surface area contributed by atoms with Gasteiger partial charge in [0.15, 0.2) is 0 Å². The second kappa shape index (κ2) is 10.2. The summed E-state index contributed by atoms with van der Waals surface area (Å²) in [6, 6.07) is 7.08. The van der Waals surface area contributed by atoms with Crippen molar-refractivity contribution < 1.29 is 13.9 Å². The predicted octanol–water partition coefficient (Wildman–Crippen LogP) is 3.82. The minimum atomic E-state index is 0. The number of carbonyl (C=O) groups is 1. The van der Waals surface area contributed by atoms with Crippen LogP contribution < -0.4 is 15.8 Å². The summed E-state index contributed by atoms with van der Waals surface area (Å²) >= 11 is 0. The number of halogens is 2. The summed E-state index contributed by atoms with van der Waals surface area (Å²) in [5.41, 5.74) is 6.51. The lowest BCUT2D eigenvalue weighted by Gasteiger charge is -2.20. The Morgan fingerprint density at radius 1 is 1.26 bits per heavy atom. The van der Waals surface area contributed by atoms with Crippen LogP contribution in [0.5, 0.6) is 5.75 Å². The van der Waals surface area contributed by atoms with Gasteiger partial charge in [0.25, 0.3) is 0 Å². The Morgan fingerprint density at radius 3 is 2.48 bits per heavy atom. The summed E-state index contributed by atoms with van der Waals surface area (Å²) in [5.74, 6) is 0.842. The van der Waals surface area contributed by atoms with E-state index < -0.39 is 0 Å². The standard InChI is InChI=1S/C17H23FN2O2.ClH/c18-10-13(11-19)12-22-16-8-6-15(7-9-16)20-17(21)14-4-2-1-3-5-14;/h6-10,14H,1-5,11-12,19H2,(H,20,21);1H/b13-10+;. The van der Waals surface area contributed by atoms with Crippen LogP contribution in [-0.4, -0.2) is 19.1 Å². The van der Waals surface area contributed by atoms with Gasteiger partial charge in [0.1, 0.15) is 12.4 Å². The molecule has 1 aromatic carbocycles. The van der Waals surface area contributed by atoms with E-state index in [2.05, 4.69) is 5.32 Å². The molecule has 0 saturated heterocycles. The molecule has 1 fully saturated rings. The van der Waals surface area contributed by atoms with Crippen molar-refractivity contribution in [2.45, 2.75) is 32.1 Å². The van der Waals surface area contributed by atoms with Gasteiger partial charge in [-0.15, -0.1) is 12.4 Å². The summed E-state index contributed by atoms with van der Waals surface area (Å²) in [6.45, 7) is 0.257. The van der Waals surface area contributed by atoms with Crippen LogP contribution >= 0.6 is 12.4 Å². The van der Waals surface area contributed by atoms with Crippen molar-refractivity contribution in [1.29, 1.82) is 0 Å². The highest BCUT2D eigenvalue weighted by atomic mass is 35.5. The van der Waals surface area contributed by atoms with E-state index in [0.717, 1.165) is 31.4 Å². The average Bonchev–Trinajstić information content (AvgIpc) is 2.58. The fraction of sp³-hybridized carbons (Fsp3) is 0.471. The lowest BCUT2D eigenvalue weighted by atomic mass is 9.88. The molecule has 6 heteroatoms. The number of amides is 1. The fourth-order valence-corrected chi connectivity index (χ4v) is 2.55. The molecule has 23 heavy (non-hydrogen) atoms. The van der Waals surface area contributed by atoms with Gasteiger partial charge in [-0.25, -0.2) is 4.39 Å². The largest absolute Gasteiger partial charge is 0.489 e. The number of carbonyl (C=O) groups excluding carboxylic acids is 1. The number of nitrogens with two attached hydrogens (primary N) is 1. The zero-order chi connectivity index (χ0) is 15.8. The molecule has 4 nitrogen and oxygen atoms in total. The van der Waals surface area contributed by atoms with E-state index in [4.69, 9.17) is 10.5 Å². The van der Waals surface area contributed by atoms with E-state index in [1.807, 2.05) is 0 Å². The lowest BCUT2D eigenvalue weighted by molar-refractivity contribution is -0.120. The first-order chi connectivity index (χ1) is 10.7. The Balaban J connectivity index is 0.00000264. The van der Waals surface area contributed by atoms with Crippen molar-refractivity contribution in [2.24, 2.45) is 11.7 Å². The molecular weight excluding hydrogens is 319 g/mol. The minimum Gasteiger partial charge on any atom is -0.489 e. The molecule has 1 aromatic rings. The molecule has 0 aliphatic heterocycles. The first-order valence-corrected chi connectivity index (χ1v) is 7.75. The molecule has 0 radical (unpaired) electrons. The monoisotopic (exact) mass is 342 g/mol. The maximum absolute atomic E-state index is 12.4. The number of hydrogen-bond acceptors (Lipinski definition) is 3. The van der Waals surface area contributed by atoms with Gasteiger partial charge in [-0.3, -0.25) is 4.79 Å². The first kappa shape index (κ1) is 19.5. The van der Waals surface area contributed by atoms with E-state index in [1.165, 1.54) is 6.42 Å². The smallest absolute Gasteiger partial charge is 0.227 e. The zero-order valence-electron chi connectivity index (χ0n) is 13.1. The third-order valence-electron chi connectivity index (χ3n) is 3.94. The molecule has 1 amide bonds. The number of hydrogen-bond donors (Lipinski definition) is 2. The fourth-order valence-electron chi connectivity index (χ4n) is 2.55. The molecule has 1 aliphatic rings. The Labute approximate surface area is 142 Å². The van der Waals surface area contributed by atoms with Crippen LogP contribution in [0.1, 0.15) is 32.1 Å². The molecule has 0 unspecified atom stereocenters. The summed E-state index contributed by atoms with van der Waals surface area (Å²) in [7, 11) is 0. The molecule has 0 spiro atoms. The number of benzene rings is 1. The quantitative estimate of drug-likeness (QED) is 0.826. The highest BCUT2D eigenvalue weighted by molar-refractivity contribution is 5.92. The SMILES string of the molecule is Cl.NC/C(=C\F)COc1ccc(NC(=O)C2CCCCC2)cc1. The van der Waals surface area contributed by atoms with Crippen molar-refractivity contribution in [3.8, 4) is 5.75 Å². The van der Waals surface area contributed by atoms with Crippen molar-refractivity contribution >= 4 is 24.0 Å². The maximum Gasteiger partial charge on any atom is 0.227 e. The molecule has 0 atom stereocenters. The van der Waals surface area contributed by atoms with Crippen molar-refractivity contribution in [3.63, 3.8) is 0 Å². The normalized spacial score (nSPS) is 15.7. The summed E-state index contributed by atoms with van der Waals surface area (Å²) < 4.78 is 17.8. The van der Waals surface area contributed by atoms with Crippen LogP contribution in [0.15, 0.2) is 36.2 Å². The molecule has 3 N–H and O–H groups in total. The molecule has 0 heterocycles. The highest BCUT2D eigenvalue weighted by Crippen LogP contribution is 2.25. The zero-order valence-corrected chi connectivity index (χ0v) is 13.9. The van der Waals surface area contributed by atoms with Gasteiger partial charge in [0.05, 0.1) is 6.33 Å². The van der Waals surface area contributed by atoms with Crippen LogP contribution in [-0.2, 0) is 4.79 Å². The minimum absolute atomic E-state index is 0. The van der Waals surface area contributed by atoms with Crippen LogP contribution in [0.2, 0.25) is 0 Å². The van der Waals surface area contributed by atoms with Gasteiger partial charge in [-0.2, -0.15) is 0 Å². The Hall–Kier alpha value is -1.59. The van der Waals surface area contributed by atoms with E-state index in [1.54, 1.807) is 24.3 Å². The topological polar surface area (TPSA) is 64.3 Å². The van der Waals surface area contributed by atoms with Gasteiger partial charge in [-0.05, 0) is 37.1 Å². The molecule has 2 rings (SSSR count). The van der Waals surface area contributed by atoms with Gasteiger partial charge in [0.2, 0.25) is 5.91 Å². The van der Waals surface area contributed by atoms with Crippen molar-refractivity contribution in [1.82, 2.24) is 0 Å². The van der Waals surface area contributed by atoms with Gasteiger partial charge < -0.3 is 15.8 Å². The maximum atomic E-state index is 12.4.